The van der Waals surface area contributed by atoms with Crippen LogP contribution in [-0.2, 0) is 4.79 Å². The van der Waals surface area contributed by atoms with Gasteiger partial charge >= 0.3 is 0 Å². The molecule has 0 unspecified atom stereocenters. The topological polar surface area (TPSA) is 76.4 Å². The molecule has 1 aliphatic heterocycles. The largest absolute Gasteiger partial charge is 0.508 e. The molecule has 2 N–H and O–H groups in total. The van der Waals surface area contributed by atoms with Crippen LogP contribution in [-0.4, -0.2) is 33.4 Å². The van der Waals surface area contributed by atoms with E-state index in [9.17, 15) is 9.90 Å². The van der Waals surface area contributed by atoms with Crippen molar-refractivity contribution in [3.05, 3.63) is 66.1 Å². The highest BCUT2D eigenvalue weighted by molar-refractivity contribution is 8.00. The maximum Gasteiger partial charge on any atom is 0.235 e. The van der Waals surface area contributed by atoms with Crippen LogP contribution >= 0.6 is 11.8 Å². The van der Waals surface area contributed by atoms with Crippen LogP contribution in [0.2, 0.25) is 0 Å². The van der Waals surface area contributed by atoms with Crippen LogP contribution < -0.4 is 10.1 Å². The van der Waals surface area contributed by atoms with Gasteiger partial charge in [0.2, 0.25) is 5.91 Å². The molecule has 0 fully saturated rings. The number of aromatic nitrogens is 2. The van der Waals surface area contributed by atoms with Gasteiger partial charge in [-0.1, -0.05) is 18.2 Å². The molecule has 1 amide bonds. The van der Waals surface area contributed by atoms with Gasteiger partial charge in [0.1, 0.15) is 17.8 Å². The van der Waals surface area contributed by atoms with E-state index in [0.717, 1.165) is 22.7 Å². The fourth-order valence-corrected chi connectivity index (χ4v) is 4.10. The zero-order valence-electron chi connectivity index (χ0n) is 14.0. The van der Waals surface area contributed by atoms with E-state index in [-0.39, 0.29) is 16.9 Å². The Bertz CT molecular complexity index is 953. The molecular formula is C19H17N3O3S. The van der Waals surface area contributed by atoms with Crippen LogP contribution in [0.5, 0.6) is 11.5 Å². The fraction of sp³-hybridized carbons (Fsp3) is 0.158. The van der Waals surface area contributed by atoms with Gasteiger partial charge in [-0.05, 0) is 29.8 Å². The predicted octanol–water partition coefficient (Wildman–Crippen LogP) is 3.36. The summed E-state index contributed by atoms with van der Waals surface area (Å²) < 4.78 is 7.29. The van der Waals surface area contributed by atoms with Gasteiger partial charge in [0.25, 0.3) is 0 Å². The second kappa shape index (κ2) is 6.76. The summed E-state index contributed by atoms with van der Waals surface area (Å²) >= 11 is 1.53. The third kappa shape index (κ3) is 3.01. The molecule has 1 atom stereocenters. The Morgan fingerprint density at radius 3 is 2.85 bits per heavy atom. The van der Waals surface area contributed by atoms with Crippen LogP contribution in [0.1, 0.15) is 16.5 Å². The van der Waals surface area contributed by atoms with Gasteiger partial charge in [0, 0.05) is 6.07 Å². The van der Waals surface area contributed by atoms with Gasteiger partial charge in [-0.3, -0.25) is 9.36 Å². The van der Waals surface area contributed by atoms with Gasteiger partial charge in [-0.15, -0.1) is 11.8 Å². The Labute approximate surface area is 154 Å². The molecule has 26 heavy (non-hydrogen) atoms. The molecule has 6 nitrogen and oxygen atoms in total. The summed E-state index contributed by atoms with van der Waals surface area (Å²) in [6, 6.07) is 14.7. The molecule has 1 aromatic heterocycles. The zero-order chi connectivity index (χ0) is 18.1. The van der Waals surface area contributed by atoms with E-state index in [1.807, 2.05) is 41.0 Å². The summed E-state index contributed by atoms with van der Waals surface area (Å²) in [5.41, 5.74) is 2.79. The number of anilines is 1. The first-order chi connectivity index (χ1) is 12.7. The van der Waals surface area contributed by atoms with E-state index in [2.05, 4.69) is 10.3 Å². The predicted molar refractivity (Wildman–Crippen MR) is 101 cm³/mol. The van der Waals surface area contributed by atoms with Gasteiger partial charge in [0.15, 0.2) is 5.82 Å². The number of imidazole rings is 1. The van der Waals surface area contributed by atoms with E-state index in [1.54, 1.807) is 25.6 Å². The molecule has 0 spiro atoms. The number of aromatic hydroxyl groups is 1. The smallest absolute Gasteiger partial charge is 0.235 e. The summed E-state index contributed by atoms with van der Waals surface area (Å²) in [6.45, 7) is 0. The number of hydrogen-bond donors (Lipinski definition) is 2. The standard InChI is InChI=1S/C19H17N3O3S/c1-25-15-4-2-3-13(9-15)22-11-20-19-17(22)18(26-10-16(24)21-19)12-5-7-14(23)8-6-12/h2-9,11,18,23H,10H2,1H3,(H,21,24)/t18-/m1/s1. The Kier molecular flexibility index (Phi) is 4.30. The van der Waals surface area contributed by atoms with E-state index < -0.39 is 0 Å². The molecule has 132 valence electrons. The zero-order valence-corrected chi connectivity index (χ0v) is 14.9. The Morgan fingerprint density at radius 2 is 2.08 bits per heavy atom. The van der Waals surface area contributed by atoms with Crippen molar-refractivity contribution in [1.82, 2.24) is 9.55 Å². The number of phenols is 1. The summed E-state index contributed by atoms with van der Waals surface area (Å²) in [4.78, 5) is 16.5. The monoisotopic (exact) mass is 367 g/mol. The lowest BCUT2D eigenvalue weighted by Crippen LogP contribution is -2.12. The maximum atomic E-state index is 12.1. The van der Waals surface area contributed by atoms with Crippen molar-refractivity contribution in [2.24, 2.45) is 0 Å². The van der Waals surface area contributed by atoms with Crippen LogP contribution in [0.25, 0.3) is 5.69 Å². The molecular weight excluding hydrogens is 350 g/mol. The molecule has 0 saturated carbocycles. The van der Waals surface area contributed by atoms with Crippen molar-refractivity contribution in [2.45, 2.75) is 5.25 Å². The van der Waals surface area contributed by atoms with Gasteiger partial charge in [-0.2, -0.15) is 0 Å². The number of hydrogen-bond acceptors (Lipinski definition) is 5. The number of carbonyl (C=O) groups excluding carboxylic acids is 1. The fourth-order valence-electron chi connectivity index (χ4n) is 2.98. The maximum absolute atomic E-state index is 12.1. The molecule has 0 aliphatic carbocycles. The highest BCUT2D eigenvalue weighted by atomic mass is 32.2. The molecule has 0 saturated heterocycles. The molecule has 0 radical (unpaired) electrons. The van der Waals surface area contributed by atoms with Crippen LogP contribution in [0.15, 0.2) is 54.9 Å². The minimum atomic E-state index is -0.0988. The van der Waals surface area contributed by atoms with Gasteiger partial charge in [-0.25, -0.2) is 4.98 Å². The minimum Gasteiger partial charge on any atom is -0.508 e. The molecule has 7 heteroatoms. The van der Waals surface area contributed by atoms with Crippen molar-refractivity contribution >= 4 is 23.5 Å². The summed E-state index contributed by atoms with van der Waals surface area (Å²) in [6.07, 6.45) is 1.71. The number of nitrogens with one attached hydrogen (secondary N) is 1. The molecule has 0 bridgehead atoms. The van der Waals surface area contributed by atoms with Crippen molar-refractivity contribution < 1.29 is 14.6 Å². The third-order valence-corrected chi connectivity index (χ3v) is 5.48. The number of amides is 1. The lowest BCUT2D eigenvalue weighted by molar-refractivity contribution is -0.113. The molecule has 4 rings (SSSR count). The van der Waals surface area contributed by atoms with Gasteiger partial charge < -0.3 is 15.2 Å². The van der Waals surface area contributed by atoms with Crippen molar-refractivity contribution in [3.63, 3.8) is 0 Å². The van der Waals surface area contributed by atoms with E-state index in [4.69, 9.17) is 4.74 Å². The second-order valence-electron chi connectivity index (χ2n) is 5.88. The average molecular weight is 367 g/mol. The van der Waals surface area contributed by atoms with E-state index in [1.165, 1.54) is 11.8 Å². The Balaban J connectivity index is 1.86. The van der Waals surface area contributed by atoms with Gasteiger partial charge in [0.05, 0.1) is 29.5 Å². The quantitative estimate of drug-likeness (QED) is 0.742. The summed E-state index contributed by atoms with van der Waals surface area (Å²) in [7, 11) is 1.63. The number of methoxy groups -OCH3 is 1. The number of benzene rings is 2. The lowest BCUT2D eigenvalue weighted by atomic mass is 10.1. The lowest BCUT2D eigenvalue weighted by Gasteiger charge is -2.18. The highest BCUT2D eigenvalue weighted by Gasteiger charge is 2.29. The summed E-state index contributed by atoms with van der Waals surface area (Å²) in [5.74, 6) is 1.77. The minimum absolute atomic E-state index is 0.0755. The second-order valence-corrected chi connectivity index (χ2v) is 6.97. The van der Waals surface area contributed by atoms with Crippen molar-refractivity contribution in [3.8, 4) is 17.2 Å². The number of fused-ring (bicyclic) bond motifs is 1. The molecule has 2 heterocycles. The number of rotatable bonds is 3. The first-order valence-electron chi connectivity index (χ1n) is 8.08. The van der Waals surface area contributed by atoms with E-state index >= 15 is 0 Å². The molecule has 2 aromatic carbocycles. The number of thioether (sulfide) groups is 1. The number of nitrogens with zero attached hydrogens (tertiary/aromatic N) is 2. The third-order valence-electron chi connectivity index (χ3n) is 4.22. The number of ether oxygens (including phenoxy) is 1. The average Bonchev–Trinajstić information content (AvgIpc) is 2.99. The molecule has 1 aliphatic rings. The van der Waals surface area contributed by atoms with E-state index in [0.29, 0.717) is 11.6 Å². The summed E-state index contributed by atoms with van der Waals surface area (Å²) in [5, 5.41) is 12.4. The van der Waals surface area contributed by atoms with Crippen molar-refractivity contribution in [2.75, 3.05) is 18.2 Å². The van der Waals surface area contributed by atoms with Crippen LogP contribution in [0.3, 0.4) is 0 Å². The Morgan fingerprint density at radius 1 is 1.27 bits per heavy atom. The highest BCUT2D eigenvalue weighted by Crippen LogP contribution is 2.42. The number of phenolic OH excluding ortho intramolecular Hbond substituents is 1. The first kappa shape index (κ1) is 16.5. The van der Waals surface area contributed by atoms with Crippen molar-refractivity contribution in [1.29, 1.82) is 0 Å². The normalized spacial score (nSPS) is 16.5. The van der Waals surface area contributed by atoms with Crippen LogP contribution in [0.4, 0.5) is 5.82 Å². The molecule has 3 aromatic rings. The first-order valence-corrected chi connectivity index (χ1v) is 9.12. The SMILES string of the molecule is COc1cccc(-n2cnc3c2[C@@H](c2ccc(O)cc2)SCC(=O)N3)c1. The number of carbonyl (C=O) groups is 1. The van der Waals surface area contributed by atoms with Crippen LogP contribution in [0, 0.1) is 0 Å². The Hall–Kier alpha value is -2.93.